The van der Waals surface area contributed by atoms with E-state index in [0.29, 0.717) is 5.82 Å². The summed E-state index contributed by atoms with van der Waals surface area (Å²) in [6, 6.07) is 0. The summed E-state index contributed by atoms with van der Waals surface area (Å²) in [6.07, 6.45) is 0. The predicted molar refractivity (Wildman–Crippen MR) is 85.6 cm³/mol. The first kappa shape index (κ1) is 14.4. The number of fused-ring (bicyclic) bond motifs is 2. The molecule has 2 heterocycles. The van der Waals surface area contributed by atoms with Crippen molar-refractivity contribution in [3.8, 4) is 11.5 Å². The lowest BCUT2D eigenvalue weighted by molar-refractivity contribution is 0.748. The lowest BCUT2D eigenvalue weighted by Gasteiger charge is -2.19. The summed E-state index contributed by atoms with van der Waals surface area (Å²) >= 11 is 0. The summed E-state index contributed by atoms with van der Waals surface area (Å²) in [5, 5.41) is 0. The molecule has 0 atom stereocenters. The zero-order chi connectivity index (χ0) is 16.3. The van der Waals surface area contributed by atoms with Crippen molar-refractivity contribution in [1.82, 2.24) is 19.1 Å². The first-order valence-corrected chi connectivity index (χ1v) is 7.09. The summed E-state index contributed by atoms with van der Waals surface area (Å²) in [6.45, 7) is 8.15. The van der Waals surface area contributed by atoms with Crippen LogP contribution in [0.25, 0.3) is 22.6 Å². The second kappa shape index (κ2) is 4.50. The zero-order valence-electron chi connectivity index (χ0n) is 13.6. The van der Waals surface area contributed by atoms with Gasteiger partial charge in [-0.05, 0) is 49.9 Å². The van der Waals surface area contributed by atoms with E-state index in [1.807, 2.05) is 20.9 Å². The minimum Gasteiger partial charge on any atom is -0.325 e. The number of aryl methyl sites for hydroxylation is 3. The van der Waals surface area contributed by atoms with Crippen LogP contribution >= 0.6 is 0 Å². The fourth-order valence-electron chi connectivity index (χ4n) is 2.93. The van der Waals surface area contributed by atoms with Crippen LogP contribution < -0.4 is 11.2 Å². The highest BCUT2D eigenvalue weighted by Gasteiger charge is 2.21. The van der Waals surface area contributed by atoms with E-state index in [1.54, 1.807) is 4.57 Å². The Morgan fingerprint density at radius 1 is 0.773 bits per heavy atom. The maximum absolute atomic E-state index is 12.3. The Hall–Kier alpha value is -2.50. The molecule has 114 valence electrons. The Bertz CT molecular complexity index is 1030. The third-order valence-electron chi connectivity index (χ3n) is 4.71. The van der Waals surface area contributed by atoms with Gasteiger partial charge in [-0.2, -0.15) is 4.98 Å². The third kappa shape index (κ3) is 1.66. The van der Waals surface area contributed by atoms with Gasteiger partial charge in [0.15, 0.2) is 11.5 Å². The van der Waals surface area contributed by atoms with Gasteiger partial charge >= 0.3 is 5.69 Å². The van der Waals surface area contributed by atoms with Gasteiger partial charge in [-0.25, -0.2) is 9.78 Å². The average molecular weight is 298 g/mol. The van der Waals surface area contributed by atoms with E-state index in [-0.39, 0.29) is 5.69 Å². The first-order chi connectivity index (χ1) is 10.3. The Kier molecular flexibility index (Phi) is 2.95. The monoisotopic (exact) mass is 298 g/mol. The van der Waals surface area contributed by atoms with Crippen LogP contribution in [0.1, 0.15) is 22.3 Å². The normalized spacial score (nSPS) is 11.5. The van der Waals surface area contributed by atoms with Crippen LogP contribution in [0, 0.1) is 27.7 Å². The second-order valence-corrected chi connectivity index (χ2v) is 5.80. The maximum Gasteiger partial charge on any atom is 0.352 e. The van der Waals surface area contributed by atoms with E-state index in [1.165, 1.54) is 18.2 Å². The Labute approximate surface area is 127 Å². The molecule has 0 aliphatic carbocycles. The molecule has 6 heteroatoms. The van der Waals surface area contributed by atoms with E-state index >= 15 is 0 Å². The maximum atomic E-state index is 12.3. The highest BCUT2D eigenvalue weighted by molar-refractivity contribution is 5.87. The molecule has 2 aliphatic heterocycles. The van der Waals surface area contributed by atoms with Gasteiger partial charge in [0.05, 0.1) is 11.0 Å². The standard InChI is InChI=1S/C16H18N4O2/c1-7-8(2)10(4)13-11(9(7)3)17-12-14(19(13)5)18-16(22)20(6)15(12)21/h1-6H3. The summed E-state index contributed by atoms with van der Waals surface area (Å²) in [5.41, 5.74) is 5.43. The van der Waals surface area contributed by atoms with Crippen molar-refractivity contribution in [3.05, 3.63) is 43.1 Å². The van der Waals surface area contributed by atoms with E-state index < -0.39 is 11.2 Å². The molecular weight excluding hydrogens is 280 g/mol. The molecule has 0 fully saturated rings. The molecule has 0 saturated carbocycles. The van der Waals surface area contributed by atoms with E-state index in [2.05, 4.69) is 23.8 Å². The van der Waals surface area contributed by atoms with Gasteiger partial charge < -0.3 is 4.57 Å². The molecule has 1 aromatic rings. The topological polar surface area (TPSA) is 69.8 Å². The number of benzene rings is 1. The van der Waals surface area contributed by atoms with Crippen LogP contribution in [0.4, 0.5) is 0 Å². The van der Waals surface area contributed by atoms with Gasteiger partial charge in [0.25, 0.3) is 5.56 Å². The highest BCUT2D eigenvalue weighted by Crippen LogP contribution is 2.30. The molecule has 0 unspecified atom stereocenters. The van der Waals surface area contributed by atoms with Gasteiger partial charge in [-0.3, -0.25) is 9.36 Å². The van der Waals surface area contributed by atoms with Gasteiger partial charge in [0.1, 0.15) is 0 Å². The third-order valence-corrected chi connectivity index (χ3v) is 4.71. The largest absolute Gasteiger partial charge is 0.352 e. The molecule has 6 nitrogen and oxygen atoms in total. The lowest BCUT2D eigenvalue weighted by atomic mass is 9.96. The van der Waals surface area contributed by atoms with Gasteiger partial charge in [-0.1, -0.05) is 0 Å². The molecule has 0 aromatic heterocycles. The quantitative estimate of drug-likeness (QED) is 0.588. The van der Waals surface area contributed by atoms with Gasteiger partial charge in [0, 0.05) is 14.1 Å². The summed E-state index contributed by atoms with van der Waals surface area (Å²) in [4.78, 5) is 32.7. The lowest BCUT2D eigenvalue weighted by Crippen LogP contribution is -2.36. The van der Waals surface area contributed by atoms with Gasteiger partial charge in [-0.15, -0.1) is 0 Å². The molecule has 0 amide bonds. The van der Waals surface area contributed by atoms with Crippen molar-refractivity contribution < 1.29 is 0 Å². The van der Waals surface area contributed by atoms with Crippen LogP contribution in [0.2, 0.25) is 0 Å². The molecule has 0 saturated heterocycles. The number of hydrogen-bond donors (Lipinski definition) is 0. The number of hydrogen-bond acceptors (Lipinski definition) is 4. The smallest absolute Gasteiger partial charge is 0.325 e. The van der Waals surface area contributed by atoms with E-state index in [0.717, 1.165) is 26.7 Å². The molecule has 22 heavy (non-hydrogen) atoms. The van der Waals surface area contributed by atoms with Crippen molar-refractivity contribution in [3.63, 3.8) is 0 Å². The Balaban J connectivity index is 2.72. The van der Waals surface area contributed by atoms with Crippen LogP contribution in [0.15, 0.2) is 9.59 Å². The van der Waals surface area contributed by atoms with Crippen molar-refractivity contribution in [2.24, 2.45) is 14.1 Å². The minimum atomic E-state index is -0.563. The van der Waals surface area contributed by atoms with Crippen molar-refractivity contribution in [2.75, 3.05) is 0 Å². The molecule has 0 N–H and O–H groups in total. The fraction of sp³-hybridized carbons (Fsp3) is 0.375. The SMILES string of the molecule is Cc1c(C)c(C)c2c(nc3c(=O)n(C)c(=O)nc-3n2C)c1C. The highest BCUT2D eigenvalue weighted by atomic mass is 16.2. The molecule has 1 aromatic carbocycles. The molecule has 0 bridgehead atoms. The minimum absolute atomic E-state index is 0.225. The summed E-state index contributed by atoms with van der Waals surface area (Å²) in [7, 11) is 3.24. The second-order valence-electron chi connectivity index (χ2n) is 5.80. The molecule has 2 aliphatic rings. The summed E-state index contributed by atoms with van der Waals surface area (Å²) in [5.74, 6) is 0.325. The van der Waals surface area contributed by atoms with Crippen molar-refractivity contribution in [1.29, 1.82) is 0 Å². The van der Waals surface area contributed by atoms with Crippen LogP contribution in [0.3, 0.4) is 0 Å². The Morgan fingerprint density at radius 3 is 2.00 bits per heavy atom. The molecular formula is C16H18N4O2. The number of nitrogens with zero attached hydrogens (tertiary/aromatic N) is 4. The molecule has 0 radical (unpaired) electrons. The Morgan fingerprint density at radius 2 is 1.36 bits per heavy atom. The van der Waals surface area contributed by atoms with Crippen LogP contribution in [-0.4, -0.2) is 19.1 Å². The van der Waals surface area contributed by atoms with Crippen LogP contribution in [0.5, 0.6) is 0 Å². The van der Waals surface area contributed by atoms with Crippen LogP contribution in [-0.2, 0) is 14.1 Å². The molecule has 3 rings (SSSR count). The zero-order valence-corrected chi connectivity index (χ0v) is 13.6. The molecule has 0 spiro atoms. The van der Waals surface area contributed by atoms with Crippen molar-refractivity contribution in [2.45, 2.75) is 27.7 Å². The van der Waals surface area contributed by atoms with E-state index in [9.17, 15) is 9.59 Å². The predicted octanol–water partition coefficient (Wildman–Crippen LogP) is 1.37. The van der Waals surface area contributed by atoms with E-state index in [4.69, 9.17) is 0 Å². The van der Waals surface area contributed by atoms with Gasteiger partial charge in [0.2, 0.25) is 0 Å². The fourth-order valence-corrected chi connectivity index (χ4v) is 2.93. The van der Waals surface area contributed by atoms with Crippen molar-refractivity contribution >= 4 is 11.0 Å². The number of rotatable bonds is 0. The summed E-state index contributed by atoms with van der Waals surface area (Å²) < 4.78 is 2.79. The number of aromatic nitrogens is 4. The first-order valence-electron chi connectivity index (χ1n) is 7.09. The average Bonchev–Trinajstić information content (AvgIpc) is 2.49.